The molecule has 1 fully saturated rings. The minimum atomic E-state index is -0.618. The molecule has 0 radical (unpaired) electrons. The summed E-state index contributed by atoms with van der Waals surface area (Å²) in [5.74, 6) is 0.887. The maximum Gasteiger partial charge on any atom is 0.258 e. The monoisotopic (exact) mass is 333 g/mol. The van der Waals surface area contributed by atoms with Gasteiger partial charge in [0.15, 0.2) is 6.10 Å². The topological polar surface area (TPSA) is 90.4 Å². The van der Waals surface area contributed by atoms with Crippen molar-refractivity contribution in [3.63, 3.8) is 0 Å². The highest BCUT2D eigenvalue weighted by Gasteiger charge is 2.33. The van der Waals surface area contributed by atoms with E-state index in [4.69, 9.17) is 16.2 Å². The summed E-state index contributed by atoms with van der Waals surface area (Å²) in [6.07, 6.45) is 1.48. The molecule has 2 rings (SSSR count). The first-order valence-corrected chi connectivity index (χ1v) is 8.78. The van der Waals surface area contributed by atoms with E-state index in [9.17, 15) is 4.79 Å². The van der Waals surface area contributed by atoms with Crippen molar-refractivity contribution in [1.82, 2.24) is 5.32 Å². The van der Waals surface area contributed by atoms with Gasteiger partial charge in [0.1, 0.15) is 5.75 Å². The van der Waals surface area contributed by atoms with Crippen LogP contribution in [0, 0.1) is 39.5 Å². The van der Waals surface area contributed by atoms with Gasteiger partial charge in [-0.2, -0.15) is 0 Å². The van der Waals surface area contributed by atoms with Crippen molar-refractivity contribution in [2.24, 2.45) is 17.6 Å². The fourth-order valence-corrected chi connectivity index (χ4v) is 3.65. The van der Waals surface area contributed by atoms with Crippen LogP contribution in [0.5, 0.6) is 5.75 Å². The fraction of sp³-hybridized carbons (Fsp3) is 0.632. The van der Waals surface area contributed by atoms with Crippen LogP contribution >= 0.6 is 0 Å². The molecule has 0 bridgehead atoms. The highest BCUT2D eigenvalue weighted by molar-refractivity contribution is 5.80. The number of anilines is 1. The van der Waals surface area contributed by atoms with E-state index in [2.05, 4.69) is 12.2 Å². The molecular formula is C19H31N3O2. The summed E-state index contributed by atoms with van der Waals surface area (Å²) in [7, 11) is 0. The average molecular weight is 333 g/mol. The Labute approximate surface area is 145 Å². The quantitative estimate of drug-likeness (QED) is 0.722. The highest BCUT2D eigenvalue weighted by Crippen LogP contribution is 2.36. The molecule has 1 aliphatic heterocycles. The van der Waals surface area contributed by atoms with Gasteiger partial charge in [-0.15, -0.1) is 0 Å². The van der Waals surface area contributed by atoms with Gasteiger partial charge in [0.05, 0.1) is 0 Å². The fourth-order valence-electron chi connectivity index (χ4n) is 3.65. The van der Waals surface area contributed by atoms with Crippen molar-refractivity contribution in [2.45, 2.75) is 53.6 Å². The number of nitrogens with two attached hydrogens (primary N) is 2. The molecule has 0 saturated carbocycles. The second-order valence-electron chi connectivity index (χ2n) is 7.13. The number of nitrogen functional groups attached to an aromatic ring is 1. The van der Waals surface area contributed by atoms with Gasteiger partial charge < -0.3 is 21.5 Å². The van der Waals surface area contributed by atoms with Crippen LogP contribution in [-0.2, 0) is 4.79 Å². The summed E-state index contributed by atoms with van der Waals surface area (Å²) in [6, 6.07) is 0. The predicted octanol–water partition coefficient (Wildman–Crippen LogP) is 2.37. The summed E-state index contributed by atoms with van der Waals surface area (Å²) < 4.78 is 6.22. The van der Waals surface area contributed by atoms with Crippen molar-refractivity contribution < 1.29 is 9.53 Å². The summed E-state index contributed by atoms with van der Waals surface area (Å²) in [4.78, 5) is 12.1. The Morgan fingerprint density at radius 1 is 1.08 bits per heavy atom. The van der Waals surface area contributed by atoms with Crippen molar-refractivity contribution in [1.29, 1.82) is 0 Å². The highest BCUT2D eigenvalue weighted by atomic mass is 16.5. The lowest BCUT2D eigenvalue weighted by Gasteiger charge is -2.33. The Balaban J connectivity index is 2.33. The van der Waals surface area contributed by atoms with E-state index >= 15 is 0 Å². The van der Waals surface area contributed by atoms with E-state index in [1.807, 2.05) is 27.7 Å². The van der Waals surface area contributed by atoms with Gasteiger partial charge in [-0.25, -0.2) is 0 Å². The van der Waals surface area contributed by atoms with Crippen LogP contribution < -0.4 is 21.5 Å². The molecule has 134 valence electrons. The first-order chi connectivity index (χ1) is 11.3. The molecule has 0 spiro atoms. The normalized spacial score (nSPS) is 18.2. The molecule has 5 nitrogen and oxygen atoms in total. The van der Waals surface area contributed by atoms with Crippen molar-refractivity contribution >= 4 is 11.6 Å². The number of benzene rings is 1. The number of primary amides is 1. The Morgan fingerprint density at radius 3 is 2.04 bits per heavy atom. The third-order valence-corrected chi connectivity index (χ3v) is 5.74. The number of carbonyl (C=O) groups excluding carboxylic acids is 1. The zero-order valence-electron chi connectivity index (χ0n) is 15.5. The standard InChI is InChI=1S/C19H31N3O2/c1-10-12(3)17(13(4)11(2)16(10)20)24-18(19(21)23)14(5)15-6-8-22-9-7-15/h14-15,18,22H,6-9,20H2,1-5H3,(H2,21,23). The van der Waals surface area contributed by atoms with Crippen LogP contribution in [0.25, 0.3) is 0 Å². The number of nitrogens with one attached hydrogen (secondary N) is 1. The Morgan fingerprint density at radius 2 is 1.58 bits per heavy atom. The third kappa shape index (κ3) is 3.51. The van der Waals surface area contributed by atoms with Gasteiger partial charge in [-0.1, -0.05) is 6.92 Å². The predicted molar refractivity (Wildman–Crippen MR) is 98.2 cm³/mol. The lowest BCUT2D eigenvalue weighted by Crippen LogP contribution is -2.44. The molecule has 2 unspecified atom stereocenters. The van der Waals surface area contributed by atoms with Crippen LogP contribution in [0.3, 0.4) is 0 Å². The van der Waals surface area contributed by atoms with Crippen LogP contribution in [0.2, 0.25) is 0 Å². The molecule has 24 heavy (non-hydrogen) atoms. The first-order valence-electron chi connectivity index (χ1n) is 8.78. The van der Waals surface area contributed by atoms with Crippen molar-refractivity contribution in [3.8, 4) is 5.75 Å². The largest absolute Gasteiger partial charge is 0.480 e. The van der Waals surface area contributed by atoms with E-state index in [1.54, 1.807) is 0 Å². The minimum absolute atomic E-state index is 0.0848. The number of ether oxygens (including phenoxy) is 1. The maximum atomic E-state index is 12.1. The van der Waals surface area contributed by atoms with Crippen LogP contribution in [-0.4, -0.2) is 25.1 Å². The number of rotatable bonds is 5. The van der Waals surface area contributed by atoms with Gasteiger partial charge in [-0.05, 0) is 81.8 Å². The van der Waals surface area contributed by atoms with Gasteiger partial charge in [0, 0.05) is 11.6 Å². The van der Waals surface area contributed by atoms with E-state index in [-0.39, 0.29) is 5.92 Å². The molecular weight excluding hydrogens is 302 g/mol. The van der Waals surface area contributed by atoms with Crippen molar-refractivity contribution in [3.05, 3.63) is 22.3 Å². The molecule has 0 aliphatic carbocycles. The second kappa shape index (κ2) is 7.43. The smallest absolute Gasteiger partial charge is 0.258 e. The Bertz CT molecular complexity index is 593. The van der Waals surface area contributed by atoms with E-state index < -0.39 is 12.0 Å². The SMILES string of the molecule is Cc1c(C)c(OC(C(N)=O)C(C)C2CCNCC2)c(C)c(C)c1N. The number of hydrogen-bond acceptors (Lipinski definition) is 4. The van der Waals surface area contributed by atoms with Crippen molar-refractivity contribution in [2.75, 3.05) is 18.8 Å². The molecule has 0 aromatic heterocycles. The summed E-state index contributed by atoms with van der Waals surface area (Å²) in [5.41, 5.74) is 16.6. The van der Waals surface area contributed by atoms with Gasteiger partial charge in [0.25, 0.3) is 5.91 Å². The summed E-state index contributed by atoms with van der Waals surface area (Å²) in [5, 5.41) is 3.36. The first kappa shape index (κ1) is 18.6. The number of amides is 1. The third-order valence-electron chi connectivity index (χ3n) is 5.74. The molecule has 1 saturated heterocycles. The lowest BCUT2D eigenvalue weighted by molar-refractivity contribution is -0.128. The second-order valence-corrected chi connectivity index (χ2v) is 7.13. The number of carbonyl (C=O) groups is 1. The molecule has 2 atom stereocenters. The maximum absolute atomic E-state index is 12.1. The molecule has 5 N–H and O–H groups in total. The molecule has 1 amide bonds. The molecule has 1 heterocycles. The molecule has 1 aromatic carbocycles. The molecule has 1 aromatic rings. The lowest BCUT2D eigenvalue weighted by atomic mass is 9.82. The zero-order valence-corrected chi connectivity index (χ0v) is 15.5. The average Bonchev–Trinajstić information content (AvgIpc) is 2.58. The van der Waals surface area contributed by atoms with E-state index in [0.29, 0.717) is 5.92 Å². The van der Waals surface area contributed by atoms with Crippen LogP contribution in [0.1, 0.15) is 42.0 Å². The van der Waals surface area contributed by atoms with Crippen LogP contribution in [0.15, 0.2) is 0 Å². The Kier molecular flexibility index (Phi) is 5.75. The van der Waals surface area contributed by atoms with Crippen LogP contribution in [0.4, 0.5) is 5.69 Å². The minimum Gasteiger partial charge on any atom is -0.480 e. The van der Waals surface area contributed by atoms with Gasteiger partial charge in [-0.3, -0.25) is 4.79 Å². The van der Waals surface area contributed by atoms with E-state index in [0.717, 1.165) is 59.6 Å². The van der Waals surface area contributed by atoms with Gasteiger partial charge in [0.2, 0.25) is 0 Å². The molecule has 5 heteroatoms. The molecule has 1 aliphatic rings. The number of hydrogen-bond donors (Lipinski definition) is 3. The summed E-state index contributed by atoms with van der Waals surface area (Å²) >= 11 is 0. The number of piperidine rings is 1. The van der Waals surface area contributed by atoms with E-state index in [1.165, 1.54) is 0 Å². The van der Waals surface area contributed by atoms with Gasteiger partial charge >= 0.3 is 0 Å². The Hall–Kier alpha value is -1.75. The summed E-state index contributed by atoms with van der Waals surface area (Å²) in [6.45, 7) is 12.0. The zero-order chi connectivity index (χ0) is 18.0.